The van der Waals surface area contributed by atoms with Gasteiger partial charge in [-0.2, -0.15) is 0 Å². The van der Waals surface area contributed by atoms with Gasteiger partial charge in [-0.25, -0.2) is 0 Å². The Kier molecular flexibility index (Phi) is 6.56. The van der Waals surface area contributed by atoms with E-state index in [1.807, 2.05) is 18.7 Å². The van der Waals surface area contributed by atoms with E-state index in [9.17, 15) is 9.59 Å². The van der Waals surface area contributed by atoms with Crippen molar-refractivity contribution in [3.8, 4) is 0 Å². The van der Waals surface area contributed by atoms with Crippen LogP contribution >= 0.6 is 0 Å². The Morgan fingerprint density at radius 3 is 2.35 bits per heavy atom. The summed E-state index contributed by atoms with van der Waals surface area (Å²) in [6.07, 6.45) is 5.32. The predicted molar refractivity (Wildman–Crippen MR) is 101 cm³/mol. The summed E-state index contributed by atoms with van der Waals surface area (Å²) in [7, 11) is 0. The molecule has 2 aliphatic heterocycles. The minimum atomic E-state index is -0.164. The number of hydrogen-bond acceptors (Lipinski definition) is 4. The average Bonchev–Trinajstić information content (AvgIpc) is 3.13. The number of carbonyl (C=O) groups is 2. The molecule has 2 saturated heterocycles. The Morgan fingerprint density at radius 1 is 1.08 bits per heavy atom. The molecule has 0 aromatic carbocycles. The number of carbonyl (C=O) groups excluding carboxylic acids is 2. The van der Waals surface area contributed by atoms with Crippen LogP contribution < -0.4 is 5.32 Å². The van der Waals surface area contributed by atoms with E-state index in [0.29, 0.717) is 32.3 Å². The quantitative estimate of drug-likeness (QED) is 0.823. The molecule has 26 heavy (non-hydrogen) atoms. The molecule has 2 amide bonds. The minimum Gasteiger partial charge on any atom is -0.378 e. The summed E-state index contributed by atoms with van der Waals surface area (Å²) in [5, 5.41) is 3.40. The van der Waals surface area contributed by atoms with Gasteiger partial charge in [-0.05, 0) is 38.0 Å². The highest BCUT2D eigenvalue weighted by atomic mass is 16.5. The second kappa shape index (κ2) is 8.70. The highest BCUT2D eigenvalue weighted by molar-refractivity contribution is 5.83. The first kappa shape index (κ1) is 19.6. The highest BCUT2D eigenvalue weighted by Gasteiger charge is 2.40. The van der Waals surface area contributed by atoms with Crippen LogP contribution in [0.4, 0.5) is 0 Å². The SMILES string of the molecule is CC1CCC(N(C(=O)C(C)C)[C@@H]2CN[C@H](C(=O)N3CCOCC3)C2)CC1. The van der Waals surface area contributed by atoms with Crippen molar-refractivity contribution in [3.05, 3.63) is 0 Å². The lowest BCUT2D eigenvalue weighted by Gasteiger charge is -2.41. The van der Waals surface area contributed by atoms with Crippen LogP contribution in [0.1, 0.15) is 52.9 Å². The Hall–Kier alpha value is -1.14. The molecule has 3 fully saturated rings. The standard InChI is InChI=1S/C20H35N3O3/c1-14(2)19(24)23(16-6-4-15(3)5-7-16)17-12-18(21-13-17)20(25)22-8-10-26-11-9-22/h14-18,21H,4-13H2,1-3H3/t15?,16?,17-,18-/m0/s1. The summed E-state index contributed by atoms with van der Waals surface area (Å²) in [4.78, 5) is 29.8. The van der Waals surface area contributed by atoms with Crippen molar-refractivity contribution in [2.45, 2.75) is 71.0 Å². The molecule has 6 heteroatoms. The first-order chi connectivity index (χ1) is 12.5. The molecule has 0 bridgehead atoms. The highest BCUT2D eigenvalue weighted by Crippen LogP contribution is 2.31. The minimum absolute atomic E-state index is 0.00310. The van der Waals surface area contributed by atoms with E-state index >= 15 is 0 Å². The lowest BCUT2D eigenvalue weighted by Crippen LogP contribution is -2.51. The van der Waals surface area contributed by atoms with Crippen LogP contribution in [0.5, 0.6) is 0 Å². The lowest BCUT2D eigenvalue weighted by atomic mass is 9.85. The summed E-state index contributed by atoms with van der Waals surface area (Å²) in [6, 6.07) is 0.312. The second-order valence-electron chi connectivity index (χ2n) is 8.60. The summed E-state index contributed by atoms with van der Waals surface area (Å²) >= 11 is 0. The molecule has 3 aliphatic rings. The third kappa shape index (κ3) is 4.39. The van der Waals surface area contributed by atoms with Gasteiger partial charge in [0.05, 0.1) is 19.3 Å². The van der Waals surface area contributed by atoms with E-state index in [2.05, 4.69) is 17.1 Å². The molecule has 3 rings (SSSR count). The number of amides is 2. The molecule has 0 spiro atoms. The normalized spacial score (nSPS) is 32.7. The molecule has 148 valence electrons. The predicted octanol–water partition coefficient (Wildman–Crippen LogP) is 1.64. The zero-order valence-electron chi connectivity index (χ0n) is 16.6. The number of ether oxygens (including phenoxy) is 1. The van der Waals surface area contributed by atoms with Crippen LogP contribution in [-0.4, -0.2) is 72.6 Å². The maximum atomic E-state index is 13.0. The van der Waals surface area contributed by atoms with Crippen molar-refractivity contribution in [1.29, 1.82) is 0 Å². The average molecular weight is 366 g/mol. The largest absolute Gasteiger partial charge is 0.378 e. The summed E-state index contributed by atoms with van der Waals surface area (Å²) < 4.78 is 5.35. The number of nitrogens with zero attached hydrogens (tertiary/aromatic N) is 2. The molecule has 0 unspecified atom stereocenters. The van der Waals surface area contributed by atoms with E-state index in [0.717, 1.165) is 31.7 Å². The molecule has 1 aliphatic carbocycles. The Labute approximate surface area is 157 Å². The van der Waals surface area contributed by atoms with E-state index in [1.165, 1.54) is 12.8 Å². The van der Waals surface area contributed by atoms with Crippen LogP contribution in [0.25, 0.3) is 0 Å². The lowest BCUT2D eigenvalue weighted by molar-refractivity contribution is -0.141. The fourth-order valence-electron chi connectivity index (χ4n) is 4.60. The van der Waals surface area contributed by atoms with Crippen molar-refractivity contribution in [2.24, 2.45) is 11.8 Å². The van der Waals surface area contributed by atoms with Crippen LogP contribution in [0, 0.1) is 11.8 Å². The molecular weight excluding hydrogens is 330 g/mol. The van der Waals surface area contributed by atoms with Crippen molar-refractivity contribution in [1.82, 2.24) is 15.1 Å². The third-order valence-electron chi connectivity index (χ3n) is 6.25. The second-order valence-corrected chi connectivity index (χ2v) is 8.60. The monoisotopic (exact) mass is 365 g/mol. The van der Waals surface area contributed by atoms with Crippen LogP contribution in [0.2, 0.25) is 0 Å². The first-order valence-corrected chi connectivity index (χ1v) is 10.4. The van der Waals surface area contributed by atoms with E-state index in [-0.39, 0.29) is 29.8 Å². The van der Waals surface area contributed by atoms with Crippen LogP contribution in [0.3, 0.4) is 0 Å². The molecule has 2 atom stereocenters. The van der Waals surface area contributed by atoms with Gasteiger partial charge < -0.3 is 19.9 Å². The number of morpholine rings is 1. The van der Waals surface area contributed by atoms with Gasteiger partial charge in [0.1, 0.15) is 0 Å². The molecule has 1 saturated carbocycles. The van der Waals surface area contributed by atoms with Gasteiger partial charge in [-0.15, -0.1) is 0 Å². The van der Waals surface area contributed by atoms with Crippen LogP contribution in [0.15, 0.2) is 0 Å². The van der Waals surface area contributed by atoms with Gasteiger partial charge in [0.25, 0.3) is 0 Å². The molecule has 1 N–H and O–H groups in total. The fraction of sp³-hybridized carbons (Fsp3) is 0.900. The van der Waals surface area contributed by atoms with Gasteiger partial charge in [0.2, 0.25) is 11.8 Å². The molecule has 6 nitrogen and oxygen atoms in total. The summed E-state index contributed by atoms with van der Waals surface area (Å²) in [5.74, 6) is 1.18. The van der Waals surface area contributed by atoms with Crippen molar-refractivity contribution < 1.29 is 14.3 Å². The molecular formula is C20H35N3O3. The maximum absolute atomic E-state index is 13.0. The van der Waals surface area contributed by atoms with Crippen LogP contribution in [-0.2, 0) is 14.3 Å². The summed E-state index contributed by atoms with van der Waals surface area (Å²) in [6.45, 7) is 9.61. The van der Waals surface area contributed by atoms with Gasteiger partial charge in [-0.3, -0.25) is 9.59 Å². The number of hydrogen-bond donors (Lipinski definition) is 1. The van der Waals surface area contributed by atoms with E-state index in [4.69, 9.17) is 4.74 Å². The topological polar surface area (TPSA) is 61.9 Å². The van der Waals surface area contributed by atoms with Gasteiger partial charge in [0, 0.05) is 37.6 Å². The first-order valence-electron chi connectivity index (χ1n) is 10.4. The van der Waals surface area contributed by atoms with Crippen molar-refractivity contribution in [2.75, 3.05) is 32.8 Å². The zero-order valence-corrected chi connectivity index (χ0v) is 16.6. The Balaban J connectivity index is 1.65. The van der Waals surface area contributed by atoms with Gasteiger partial charge >= 0.3 is 0 Å². The Bertz CT molecular complexity index is 497. The van der Waals surface area contributed by atoms with Gasteiger partial charge in [-0.1, -0.05) is 20.8 Å². The smallest absolute Gasteiger partial charge is 0.239 e. The zero-order chi connectivity index (χ0) is 18.7. The van der Waals surface area contributed by atoms with E-state index < -0.39 is 0 Å². The van der Waals surface area contributed by atoms with E-state index in [1.54, 1.807) is 0 Å². The maximum Gasteiger partial charge on any atom is 0.239 e. The Morgan fingerprint density at radius 2 is 1.73 bits per heavy atom. The van der Waals surface area contributed by atoms with Gasteiger partial charge in [0.15, 0.2) is 0 Å². The number of nitrogens with one attached hydrogen (secondary N) is 1. The van der Waals surface area contributed by atoms with Crippen molar-refractivity contribution >= 4 is 11.8 Å². The molecule has 0 radical (unpaired) electrons. The van der Waals surface area contributed by atoms with Crippen molar-refractivity contribution in [3.63, 3.8) is 0 Å². The molecule has 2 heterocycles. The molecule has 0 aromatic heterocycles. The number of rotatable bonds is 4. The third-order valence-corrected chi connectivity index (χ3v) is 6.25. The summed E-state index contributed by atoms with van der Waals surface area (Å²) in [5.41, 5.74) is 0. The molecule has 0 aromatic rings. The fourth-order valence-corrected chi connectivity index (χ4v) is 4.60.